The van der Waals surface area contributed by atoms with Crippen LogP contribution in [0.3, 0.4) is 0 Å². The van der Waals surface area contributed by atoms with E-state index in [9.17, 15) is 22.8 Å². The number of hydrazine groups is 1. The number of alkyl halides is 3. The van der Waals surface area contributed by atoms with Crippen LogP contribution >= 0.6 is 0 Å². The number of carbonyl (C=O) groups is 2. The minimum absolute atomic E-state index is 0.912. The summed E-state index contributed by atoms with van der Waals surface area (Å²) in [5, 5.41) is 1.61. The van der Waals surface area contributed by atoms with Crippen LogP contribution in [0.15, 0.2) is 0 Å². The van der Waals surface area contributed by atoms with Crippen molar-refractivity contribution >= 4 is 11.8 Å². The van der Waals surface area contributed by atoms with Crippen molar-refractivity contribution in [3.63, 3.8) is 0 Å². The summed E-state index contributed by atoms with van der Waals surface area (Å²) in [7, 11) is 0. The molecule has 0 rings (SSSR count). The second kappa shape index (κ2) is 4.77. The Kier molecular flexibility index (Phi) is 4.31. The molecule has 0 saturated carbocycles. The van der Waals surface area contributed by atoms with Crippen LogP contribution in [0.2, 0.25) is 0 Å². The topological polar surface area (TPSA) is 93.5 Å². The van der Waals surface area contributed by atoms with Crippen molar-refractivity contribution < 1.29 is 27.5 Å². The van der Waals surface area contributed by atoms with Gasteiger partial charge in [-0.25, -0.2) is 5.84 Å². The molecule has 0 saturated heterocycles. The van der Waals surface area contributed by atoms with Crippen LogP contribution in [0.5, 0.6) is 0 Å². The maximum absolute atomic E-state index is 11.5. The van der Waals surface area contributed by atoms with E-state index in [-0.39, 0.29) is 0 Å². The van der Waals surface area contributed by atoms with E-state index in [0.717, 1.165) is 6.92 Å². The first-order chi connectivity index (χ1) is 6.26. The molecular formula is C5H8F3N3O3. The van der Waals surface area contributed by atoms with E-state index < -0.39 is 24.4 Å². The number of rotatable bonds is 2. The van der Waals surface area contributed by atoms with Gasteiger partial charge >= 0.3 is 18.2 Å². The normalized spacial score (nSPS) is 13.2. The molecule has 0 aliphatic rings. The summed E-state index contributed by atoms with van der Waals surface area (Å²) < 4.78 is 38.0. The molecule has 0 aliphatic carbocycles. The Balaban J connectivity index is 4.01. The number of ether oxygens (including phenoxy) is 1. The Morgan fingerprint density at radius 2 is 1.86 bits per heavy atom. The van der Waals surface area contributed by atoms with Gasteiger partial charge < -0.3 is 5.32 Å². The van der Waals surface area contributed by atoms with Gasteiger partial charge in [0.05, 0.1) is 0 Å². The smallest absolute Gasteiger partial charge is 0.322 e. The van der Waals surface area contributed by atoms with Gasteiger partial charge in [-0.2, -0.15) is 0 Å². The second-order valence-corrected chi connectivity index (χ2v) is 2.15. The van der Waals surface area contributed by atoms with Gasteiger partial charge in [0.25, 0.3) is 0 Å². The fraction of sp³-hybridized carbons (Fsp3) is 0.600. The zero-order chi connectivity index (χ0) is 11.4. The van der Waals surface area contributed by atoms with Gasteiger partial charge in [0, 0.05) is 0 Å². The van der Waals surface area contributed by atoms with Crippen LogP contribution in [0.25, 0.3) is 0 Å². The van der Waals surface area contributed by atoms with Crippen molar-refractivity contribution in [1.29, 1.82) is 0 Å². The van der Waals surface area contributed by atoms with Crippen LogP contribution in [0.4, 0.5) is 13.2 Å². The quantitative estimate of drug-likeness (QED) is 0.180. The molecule has 0 heterocycles. The Hall–Kier alpha value is -1.35. The van der Waals surface area contributed by atoms with E-state index >= 15 is 0 Å². The van der Waals surface area contributed by atoms with Gasteiger partial charge in [-0.1, -0.05) is 0 Å². The number of carbonyl (C=O) groups excluding carboxylic acids is 2. The van der Waals surface area contributed by atoms with Gasteiger partial charge in [0.2, 0.25) is 0 Å². The highest BCUT2D eigenvalue weighted by atomic mass is 19.4. The number of nitrogens with one attached hydrogen (secondary N) is 2. The minimum Gasteiger partial charge on any atom is -0.322 e. The van der Waals surface area contributed by atoms with Crippen molar-refractivity contribution in [3.8, 4) is 0 Å². The van der Waals surface area contributed by atoms with Gasteiger partial charge in [-0.15, -0.1) is 13.2 Å². The highest BCUT2D eigenvalue weighted by Crippen LogP contribution is 2.17. The molecule has 0 aromatic carbocycles. The molecule has 6 nitrogen and oxygen atoms in total. The maximum atomic E-state index is 11.5. The molecule has 2 amide bonds. The fourth-order valence-corrected chi connectivity index (χ4v) is 0.546. The van der Waals surface area contributed by atoms with E-state index in [1.54, 1.807) is 5.32 Å². The lowest BCUT2D eigenvalue weighted by molar-refractivity contribution is -0.342. The molecule has 0 bridgehead atoms. The third kappa shape index (κ3) is 5.32. The average molecular weight is 215 g/mol. The monoisotopic (exact) mass is 215 g/mol. The number of hydrogen-bond donors (Lipinski definition) is 3. The summed E-state index contributed by atoms with van der Waals surface area (Å²) >= 11 is 0. The lowest BCUT2D eigenvalue weighted by atomic mass is 10.5. The maximum Gasteiger partial charge on any atom is 0.524 e. The number of amides is 2. The molecule has 0 radical (unpaired) electrons. The Bertz CT molecular complexity index is 230. The highest BCUT2D eigenvalue weighted by molar-refractivity contribution is 6.34. The molecule has 14 heavy (non-hydrogen) atoms. The standard InChI is InChI=1S/C5H8F3N3O3/c1-2(14-5(6,7)8)10-3(12)4(13)11-9/h2H,9H2,1H3,(H,10,12)(H,11,13). The zero-order valence-electron chi connectivity index (χ0n) is 7.01. The van der Waals surface area contributed by atoms with Gasteiger partial charge in [0.15, 0.2) is 0 Å². The Morgan fingerprint density at radius 3 is 2.21 bits per heavy atom. The summed E-state index contributed by atoms with van der Waals surface area (Å²) in [5.41, 5.74) is 1.45. The van der Waals surface area contributed by atoms with Crippen molar-refractivity contribution in [3.05, 3.63) is 0 Å². The van der Waals surface area contributed by atoms with Gasteiger partial charge in [0.1, 0.15) is 6.23 Å². The molecule has 4 N–H and O–H groups in total. The molecule has 0 fully saturated rings. The molecule has 1 unspecified atom stereocenters. The largest absolute Gasteiger partial charge is 0.524 e. The molecule has 0 aromatic heterocycles. The molecule has 9 heteroatoms. The molecular weight excluding hydrogens is 207 g/mol. The second-order valence-electron chi connectivity index (χ2n) is 2.15. The first kappa shape index (κ1) is 12.7. The lowest BCUT2D eigenvalue weighted by Gasteiger charge is -2.15. The first-order valence-electron chi connectivity index (χ1n) is 3.32. The highest BCUT2D eigenvalue weighted by Gasteiger charge is 2.32. The Morgan fingerprint density at radius 1 is 1.36 bits per heavy atom. The molecule has 0 aliphatic heterocycles. The zero-order valence-corrected chi connectivity index (χ0v) is 7.01. The van der Waals surface area contributed by atoms with E-state index in [0.29, 0.717) is 0 Å². The van der Waals surface area contributed by atoms with Crippen molar-refractivity contribution in [1.82, 2.24) is 10.7 Å². The summed E-state index contributed by atoms with van der Waals surface area (Å²) in [6.45, 7) is 0.912. The number of nitrogens with two attached hydrogens (primary N) is 1. The minimum atomic E-state index is -4.88. The van der Waals surface area contributed by atoms with Crippen LogP contribution in [-0.2, 0) is 14.3 Å². The average Bonchev–Trinajstić information content (AvgIpc) is 1.99. The number of hydrogen-bond acceptors (Lipinski definition) is 4. The summed E-state index contributed by atoms with van der Waals surface area (Å²) in [5.74, 6) is 1.98. The van der Waals surface area contributed by atoms with E-state index in [2.05, 4.69) is 10.6 Å². The summed E-state index contributed by atoms with van der Waals surface area (Å²) in [6.07, 6.45) is -6.55. The van der Waals surface area contributed by atoms with Gasteiger partial charge in [-0.3, -0.25) is 19.8 Å². The van der Waals surface area contributed by atoms with E-state index in [4.69, 9.17) is 0 Å². The Labute approximate surface area is 76.5 Å². The van der Waals surface area contributed by atoms with Crippen molar-refractivity contribution in [2.24, 2.45) is 5.84 Å². The van der Waals surface area contributed by atoms with Crippen molar-refractivity contribution in [2.45, 2.75) is 19.5 Å². The van der Waals surface area contributed by atoms with Crippen LogP contribution in [-0.4, -0.2) is 24.4 Å². The third-order valence-corrected chi connectivity index (χ3v) is 0.982. The van der Waals surface area contributed by atoms with Crippen LogP contribution in [0.1, 0.15) is 6.92 Å². The predicted octanol–water partition coefficient (Wildman–Crippen LogP) is -1.03. The van der Waals surface area contributed by atoms with E-state index in [1.165, 1.54) is 5.43 Å². The third-order valence-electron chi connectivity index (χ3n) is 0.982. The summed E-state index contributed by atoms with van der Waals surface area (Å²) in [6, 6.07) is 0. The van der Waals surface area contributed by atoms with Gasteiger partial charge in [-0.05, 0) is 6.92 Å². The van der Waals surface area contributed by atoms with Crippen LogP contribution in [0, 0.1) is 0 Å². The molecule has 82 valence electrons. The fourth-order valence-electron chi connectivity index (χ4n) is 0.546. The van der Waals surface area contributed by atoms with Crippen LogP contribution < -0.4 is 16.6 Å². The predicted molar refractivity (Wildman–Crippen MR) is 37.1 cm³/mol. The van der Waals surface area contributed by atoms with Crippen molar-refractivity contribution in [2.75, 3.05) is 0 Å². The SMILES string of the molecule is CC(NC(=O)C(=O)NN)OC(F)(F)F. The molecule has 1 atom stereocenters. The number of halogens is 3. The lowest BCUT2D eigenvalue weighted by Crippen LogP contribution is -2.47. The van der Waals surface area contributed by atoms with E-state index in [1.807, 2.05) is 0 Å². The molecule has 0 spiro atoms. The molecule has 0 aromatic rings. The summed E-state index contributed by atoms with van der Waals surface area (Å²) in [4.78, 5) is 21.0. The first-order valence-corrected chi connectivity index (χ1v) is 3.32.